The summed E-state index contributed by atoms with van der Waals surface area (Å²) in [5.41, 5.74) is 1.09. The topological polar surface area (TPSA) is 20.3 Å². The third-order valence-electron chi connectivity index (χ3n) is 2.93. The molecule has 1 fully saturated rings. The third-order valence-corrected chi connectivity index (χ3v) is 4.11. The Morgan fingerprint density at radius 3 is 2.56 bits per heavy atom. The van der Waals surface area contributed by atoms with Gasteiger partial charge in [-0.2, -0.15) is 0 Å². The van der Waals surface area contributed by atoms with Crippen LogP contribution in [0.1, 0.15) is 19.3 Å². The van der Waals surface area contributed by atoms with Crippen molar-refractivity contribution in [1.82, 2.24) is 0 Å². The van der Waals surface area contributed by atoms with Crippen LogP contribution in [0.3, 0.4) is 0 Å². The molecule has 1 atom stereocenters. The number of hydrogen-bond donors (Lipinski definition) is 0. The van der Waals surface area contributed by atoms with E-state index in [1.165, 1.54) is 19.3 Å². The first kappa shape index (κ1) is 11.9. The Hall–Kier alpha value is -0.540. The van der Waals surface area contributed by atoms with Crippen molar-refractivity contribution in [3.05, 3.63) is 23.2 Å². The molecule has 1 aromatic rings. The van der Waals surface area contributed by atoms with Gasteiger partial charge in [0, 0.05) is 24.4 Å². The molecule has 1 aromatic carbocycles. The Bertz CT molecular complexity index is 402. The molecule has 4 heteroatoms. The molecule has 88 valence electrons. The molecule has 0 spiro atoms. The van der Waals surface area contributed by atoms with E-state index < -0.39 is 10.8 Å². The van der Waals surface area contributed by atoms with Gasteiger partial charge in [-0.05, 0) is 37.5 Å². The lowest BCUT2D eigenvalue weighted by molar-refractivity contribution is 0.575. The second kappa shape index (κ2) is 5.19. The Morgan fingerprint density at radius 1 is 1.25 bits per heavy atom. The van der Waals surface area contributed by atoms with Crippen molar-refractivity contribution in [3.63, 3.8) is 0 Å². The number of halogens is 1. The molecule has 0 amide bonds. The van der Waals surface area contributed by atoms with E-state index in [0.717, 1.165) is 23.7 Å². The van der Waals surface area contributed by atoms with Crippen molar-refractivity contribution in [2.75, 3.05) is 24.2 Å². The van der Waals surface area contributed by atoms with E-state index in [9.17, 15) is 4.21 Å². The fourth-order valence-electron chi connectivity index (χ4n) is 2.11. The van der Waals surface area contributed by atoms with E-state index in [-0.39, 0.29) is 0 Å². The number of benzene rings is 1. The number of hydrogen-bond acceptors (Lipinski definition) is 2. The standard InChI is InChI=1S/C12H16ClNOS/c1-16(15)12-9-10(13)5-6-11(12)14-7-3-2-4-8-14/h5-6,9H,2-4,7-8H2,1H3. The summed E-state index contributed by atoms with van der Waals surface area (Å²) in [6.45, 7) is 2.12. The molecular formula is C12H16ClNOS. The molecule has 0 aliphatic carbocycles. The zero-order valence-electron chi connectivity index (χ0n) is 9.41. The summed E-state index contributed by atoms with van der Waals surface area (Å²) in [4.78, 5) is 3.17. The Balaban J connectivity index is 2.34. The Labute approximate surface area is 104 Å². The molecule has 0 radical (unpaired) electrons. The van der Waals surface area contributed by atoms with Crippen molar-refractivity contribution in [3.8, 4) is 0 Å². The van der Waals surface area contributed by atoms with Crippen LogP contribution in [-0.2, 0) is 10.8 Å². The van der Waals surface area contributed by atoms with Gasteiger partial charge in [0.25, 0.3) is 0 Å². The summed E-state index contributed by atoms with van der Waals surface area (Å²) < 4.78 is 11.7. The fraction of sp³-hybridized carbons (Fsp3) is 0.500. The van der Waals surface area contributed by atoms with Crippen LogP contribution in [0.4, 0.5) is 5.69 Å². The molecule has 1 unspecified atom stereocenters. The lowest BCUT2D eigenvalue weighted by Crippen LogP contribution is -2.30. The predicted octanol–water partition coefficient (Wildman–Crippen LogP) is 3.07. The summed E-state index contributed by atoms with van der Waals surface area (Å²) in [5, 5.41) is 0.658. The van der Waals surface area contributed by atoms with E-state index in [4.69, 9.17) is 11.6 Å². The summed E-state index contributed by atoms with van der Waals surface area (Å²) >= 11 is 5.95. The summed E-state index contributed by atoms with van der Waals surface area (Å²) in [6.07, 6.45) is 5.45. The maximum Gasteiger partial charge on any atom is 0.0633 e. The molecule has 0 bridgehead atoms. The number of rotatable bonds is 2. The minimum absolute atomic E-state index is 0.658. The molecule has 16 heavy (non-hydrogen) atoms. The van der Waals surface area contributed by atoms with Gasteiger partial charge in [0.1, 0.15) is 0 Å². The third kappa shape index (κ3) is 2.58. The second-order valence-corrected chi connectivity index (χ2v) is 5.90. The molecule has 0 N–H and O–H groups in total. The highest BCUT2D eigenvalue weighted by molar-refractivity contribution is 7.84. The van der Waals surface area contributed by atoms with Crippen molar-refractivity contribution in [2.45, 2.75) is 24.2 Å². The molecule has 2 nitrogen and oxygen atoms in total. The van der Waals surface area contributed by atoms with Crippen LogP contribution in [0.5, 0.6) is 0 Å². The van der Waals surface area contributed by atoms with Gasteiger partial charge >= 0.3 is 0 Å². The van der Waals surface area contributed by atoms with Crippen LogP contribution in [0.15, 0.2) is 23.1 Å². The highest BCUT2D eigenvalue weighted by Crippen LogP contribution is 2.28. The largest absolute Gasteiger partial charge is 0.371 e. The van der Waals surface area contributed by atoms with Crippen molar-refractivity contribution in [1.29, 1.82) is 0 Å². The van der Waals surface area contributed by atoms with E-state index in [1.54, 1.807) is 6.26 Å². The normalized spacial score (nSPS) is 18.5. The lowest BCUT2D eigenvalue weighted by atomic mass is 10.1. The number of anilines is 1. The first-order chi connectivity index (χ1) is 7.68. The van der Waals surface area contributed by atoms with E-state index >= 15 is 0 Å². The minimum atomic E-state index is -0.979. The molecular weight excluding hydrogens is 242 g/mol. The second-order valence-electron chi connectivity index (χ2n) is 4.11. The van der Waals surface area contributed by atoms with Crippen LogP contribution >= 0.6 is 11.6 Å². The maximum atomic E-state index is 11.7. The zero-order chi connectivity index (χ0) is 11.5. The predicted molar refractivity (Wildman–Crippen MR) is 69.8 cm³/mol. The maximum absolute atomic E-state index is 11.7. The van der Waals surface area contributed by atoms with Crippen LogP contribution < -0.4 is 4.90 Å². The molecule has 1 saturated heterocycles. The van der Waals surface area contributed by atoms with Crippen LogP contribution in [0.2, 0.25) is 5.02 Å². The van der Waals surface area contributed by atoms with E-state index in [2.05, 4.69) is 4.90 Å². The van der Waals surface area contributed by atoms with Crippen LogP contribution in [0.25, 0.3) is 0 Å². The van der Waals surface area contributed by atoms with Gasteiger partial charge in [0.15, 0.2) is 0 Å². The summed E-state index contributed by atoms with van der Waals surface area (Å²) in [6, 6.07) is 5.69. The van der Waals surface area contributed by atoms with Gasteiger partial charge < -0.3 is 4.90 Å². The Kier molecular flexibility index (Phi) is 3.87. The van der Waals surface area contributed by atoms with E-state index in [0.29, 0.717) is 5.02 Å². The molecule has 0 aromatic heterocycles. The van der Waals surface area contributed by atoms with Gasteiger partial charge in [0.2, 0.25) is 0 Å². The van der Waals surface area contributed by atoms with E-state index in [1.807, 2.05) is 18.2 Å². The van der Waals surface area contributed by atoms with Crippen molar-refractivity contribution in [2.24, 2.45) is 0 Å². The minimum Gasteiger partial charge on any atom is -0.371 e. The van der Waals surface area contributed by atoms with Gasteiger partial charge in [-0.3, -0.25) is 4.21 Å². The number of nitrogens with zero attached hydrogens (tertiary/aromatic N) is 1. The molecule has 2 rings (SSSR count). The smallest absolute Gasteiger partial charge is 0.0633 e. The molecule has 1 heterocycles. The van der Waals surface area contributed by atoms with Crippen molar-refractivity contribution < 1.29 is 4.21 Å². The monoisotopic (exact) mass is 257 g/mol. The van der Waals surface area contributed by atoms with Crippen molar-refractivity contribution >= 4 is 28.1 Å². The average molecular weight is 258 g/mol. The van der Waals surface area contributed by atoms with Gasteiger partial charge in [0.05, 0.1) is 21.4 Å². The molecule has 1 aliphatic rings. The summed E-state index contributed by atoms with van der Waals surface area (Å²) in [7, 11) is -0.979. The van der Waals surface area contributed by atoms with Gasteiger partial charge in [-0.25, -0.2) is 0 Å². The lowest BCUT2D eigenvalue weighted by Gasteiger charge is -2.30. The fourth-order valence-corrected chi connectivity index (χ4v) is 3.14. The SMILES string of the molecule is CS(=O)c1cc(Cl)ccc1N1CCCCC1. The highest BCUT2D eigenvalue weighted by atomic mass is 35.5. The zero-order valence-corrected chi connectivity index (χ0v) is 11.0. The molecule has 1 aliphatic heterocycles. The van der Waals surface area contributed by atoms with Crippen LogP contribution in [-0.4, -0.2) is 23.6 Å². The average Bonchev–Trinajstić information content (AvgIpc) is 2.30. The molecule has 0 saturated carbocycles. The number of piperidine rings is 1. The highest BCUT2D eigenvalue weighted by Gasteiger charge is 2.16. The Morgan fingerprint density at radius 2 is 1.94 bits per heavy atom. The summed E-state index contributed by atoms with van der Waals surface area (Å²) in [5.74, 6) is 0. The first-order valence-corrected chi connectivity index (χ1v) is 7.50. The van der Waals surface area contributed by atoms with Gasteiger partial charge in [-0.1, -0.05) is 11.6 Å². The van der Waals surface area contributed by atoms with Crippen LogP contribution in [0, 0.1) is 0 Å². The quantitative estimate of drug-likeness (QED) is 0.812. The first-order valence-electron chi connectivity index (χ1n) is 5.56. The van der Waals surface area contributed by atoms with Gasteiger partial charge in [-0.15, -0.1) is 0 Å².